The van der Waals surface area contributed by atoms with Crippen LogP contribution in [0, 0.1) is 18.8 Å². The third-order valence-corrected chi connectivity index (χ3v) is 7.74. The molecule has 0 radical (unpaired) electrons. The number of benzene rings is 2. The number of carbonyl (C=O) groups excluding carboxylic acids is 1. The van der Waals surface area contributed by atoms with Crippen LogP contribution in [-0.2, 0) is 22.6 Å². The lowest BCUT2D eigenvalue weighted by Crippen LogP contribution is -2.37. The van der Waals surface area contributed by atoms with E-state index >= 15 is 0 Å². The number of esters is 1. The topological polar surface area (TPSA) is 67.5 Å². The molecule has 0 bridgehead atoms. The molecule has 0 spiro atoms. The molecule has 37 heavy (non-hydrogen) atoms. The summed E-state index contributed by atoms with van der Waals surface area (Å²) in [6.45, 7) is 10.1. The van der Waals surface area contributed by atoms with Gasteiger partial charge in [-0.05, 0) is 113 Å². The smallest absolute Gasteiger partial charge is 0.308 e. The third kappa shape index (κ3) is 7.71. The SMILES string of the molecule is CCOC(=O)C(C)CCN1CCCC(CCCc2ccc3[nH]c(COc4ccc(Cl)cc4)nc3c2C)C1. The number of piperidine rings is 1. The maximum atomic E-state index is 11.9. The molecule has 0 amide bonds. The number of ether oxygens (including phenoxy) is 2. The number of likely N-dealkylation sites (tertiary alicyclic amines) is 1. The Labute approximate surface area is 225 Å². The summed E-state index contributed by atoms with van der Waals surface area (Å²) in [5, 5.41) is 0.695. The monoisotopic (exact) mass is 525 g/mol. The molecule has 2 atom stereocenters. The highest BCUT2D eigenvalue weighted by atomic mass is 35.5. The lowest BCUT2D eigenvalue weighted by atomic mass is 9.91. The van der Waals surface area contributed by atoms with Gasteiger partial charge in [-0.3, -0.25) is 4.79 Å². The predicted octanol–water partition coefficient (Wildman–Crippen LogP) is 6.73. The van der Waals surface area contributed by atoms with E-state index in [2.05, 4.69) is 28.9 Å². The number of aromatic nitrogens is 2. The number of hydrogen-bond donors (Lipinski definition) is 1. The van der Waals surface area contributed by atoms with Crippen LogP contribution < -0.4 is 4.74 Å². The van der Waals surface area contributed by atoms with E-state index in [1.165, 1.54) is 36.8 Å². The molecular weight excluding hydrogens is 486 g/mol. The van der Waals surface area contributed by atoms with Crippen LogP contribution in [0.3, 0.4) is 0 Å². The molecule has 1 aromatic heterocycles. The first-order chi connectivity index (χ1) is 17.9. The average molecular weight is 526 g/mol. The van der Waals surface area contributed by atoms with E-state index in [1.54, 1.807) is 0 Å². The molecule has 1 aliphatic rings. The fourth-order valence-electron chi connectivity index (χ4n) is 5.28. The van der Waals surface area contributed by atoms with E-state index in [1.807, 2.05) is 38.1 Å². The van der Waals surface area contributed by atoms with Crippen LogP contribution in [0.4, 0.5) is 0 Å². The molecule has 1 fully saturated rings. The molecule has 0 aliphatic carbocycles. The molecule has 6 nitrogen and oxygen atoms in total. The molecule has 1 aliphatic heterocycles. The second-order valence-electron chi connectivity index (χ2n) is 10.3. The van der Waals surface area contributed by atoms with Crippen molar-refractivity contribution in [2.24, 2.45) is 11.8 Å². The first-order valence-electron chi connectivity index (χ1n) is 13.7. The van der Waals surface area contributed by atoms with Gasteiger partial charge in [0, 0.05) is 11.6 Å². The molecule has 2 unspecified atom stereocenters. The second kappa shape index (κ2) is 13.3. The zero-order chi connectivity index (χ0) is 26.2. The van der Waals surface area contributed by atoms with E-state index in [-0.39, 0.29) is 11.9 Å². The number of fused-ring (bicyclic) bond motifs is 1. The average Bonchev–Trinajstić information content (AvgIpc) is 3.33. The first kappa shape index (κ1) is 27.5. The van der Waals surface area contributed by atoms with Crippen molar-refractivity contribution < 1.29 is 14.3 Å². The summed E-state index contributed by atoms with van der Waals surface area (Å²) < 4.78 is 11.0. The summed E-state index contributed by atoms with van der Waals surface area (Å²) in [5.74, 6) is 2.24. The molecule has 7 heteroatoms. The second-order valence-corrected chi connectivity index (χ2v) is 10.8. The lowest BCUT2D eigenvalue weighted by molar-refractivity contribution is -0.147. The molecule has 3 aromatic rings. The Morgan fingerprint density at radius 1 is 1.24 bits per heavy atom. The summed E-state index contributed by atoms with van der Waals surface area (Å²) in [6, 6.07) is 11.8. The molecule has 0 saturated carbocycles. The number of aromatic amines is 1. The minimum Gasteiger partial charge on any atom is -0.486 e. The van der Waals surface area contributed by atoms with Gasteiger partial charge in [-0.2, -0.15) is 0 Å². The number of rotatable bonds is 12. The maximum Gasteiger partial charge on any atom is 0.308 e. The quantitative estimate of drug-likeness (QED) is 0.265. The van der Waals surface area contributed by atoms with Crippen LogP contribution in [0.1, 0.15) is 62.9 Å². The van der Waals surface area contributed by atoms with Crippen molar-refractivity contribution in [3.05, 3.63) is 58.4 Å². The van der Waals surface area contributed by atoms with Gasteiger partial charge in [0.05, 0.1) is 23.6 Å². The van der Waals surface area contributed by atoms with Gasteiger partial charge >= 0.3 is 5.97 Å². The van der Waals surface area contributed by atoms with Crippen molar-refractivity contribution in [3.8, 4) is 5.75 Å². The van der Waals surface area contributed by atoms with Gasteiger partial charge in [-0.1, -0.05) is 24.6 Å². The Bertz CT molecular complexity index is 1160. The fourth-order valence-corrected chi connectivity index (χ4v) is 5.40. The van der Waals surface area contributed by atoms with Gasteiger partial charge in [-0.15, -0.1) is 0 Å². The Balaban J connectivity index is 1.25. The van der Waals surface area contributed by atoms with Crippen molar-refractivity contribution in [2.45, 2.75) is 65.9 Å². The van der Waals surface area contributed by atoms with Crippen molar-refractivity contribution in [2.75, 3.05) is 26.2 Å². The number of carbonyl (C=O) groups is 1. The Morgan fingerprint density at radius 3 is 2.84 bits per heavy atom. The molecule has 2 aromatic carbocycles. The summed E-state index contributed by atoms with van der Waals surface area (Å²) >= 11 is 5.95. The van der Waals surface area contributed by atoms with Crippen molar-refractivity contribution in [1.82, 2.24) is 14.9 Å². The van der Waals surface area contributed by atoms with E-state index in [0.717, 1.165) is 61.0 Å². The Hall–Kier alpha value is -2.57. The molecule has 1 saturated heterocycles. The van der Waals surface area contributed by atoms with Crippen LogP contribution in [-0.4, -0.2) is 47.1 Å². The largest absolute Gasteiger partial charge is 0.486 e. The minimum atomic E-state index is -0.0680. The van der Waals surface area contributed by atoms with E-state index in [0.29, 0.717) is 18.2 Å². The lowest BCUT2D eigenvalue weighted by Gasteiger charge is -2.33. The number of nitrogens with one attached hydrogen (secondary N) is 1. The van der Waals surface area contributed by atoms with E-state index in [4.69, 9.17) is 26.1 Å². The van der Waals surface area contributed by atoms with Gasteiger partial charge in [-0.25, -0.2) is 4.98 Å². The maximum absolute atomic E-state index is 11.9. The van der Waals surface area contributed by atoms with Gasteiger partial charge < -0.3 is 19.4 Å². The zero-order valence-corrected chi connectivity index (χ0v) is 23.2. The Morgan fingerprint density at radius 2 is 2.05 bits per heavy atom. The van der Waals surface area contributed by atoms with E-state index < -0.39 is 0 Å². The van der Waals surface area contributed by atoms with Gasteiger partial charge in [0.1, 0.15) is 18.2 Å². The number of imidazole rings is 1. The summed E-state index contributed by atoms with van der Waals surface area (Å²) in [6.07, 6.45) is 6.92. The highest BCUT2D eigenvalue weighted by Gasteiger charge is 2.22. The van der Waals surface area contributed by atoms with Crippen LogP contribution >= 0.6 is 11.6 Å². The van der Waals surface area contributed by atoms with Crippen molar-refractivity contribution in [3.63, 3.8) is 0 Å². The number of aryl methyl sites for hydroxylation is 2. The minimum absolute atomic E-state index is 0.0234. The van der Waals surface area contributed by atoms with E-state index in [9.17, 15) is 4.79 Å². The normalized spacial score (nSPS) is 17.1. The number of H-pyrrole nitrogens is 1. The fraction of sp³-hybridized carbons (Fsp3) is 0.533. The predicted molar refractivity (Wildman–Crippen MR) is 149 cm³/mol. The van der Waals surface area contributed by atoms with Crippen LogP contribution in [0.2, 0.25) is 5.02 Å². The highest BCUT2D eigenvalue weighted by Crippen LogP contribution is 2.26. The van der Waals surface area contributed by atoms with Crippen LogP contribution in [0.15, 0.2) is 36.4 Å². The summed E-state index contributed by atoms with van der Waals surface area (Å²) in [5.41, 5.74) is 4.72. The van der Waals surface area contributed by atoms with Gasteiger partial charge in [0.2, 0.25) is 0 Å². The molecule has 4 rings (SSSR count). The summed E-state index contributed by atoms with van der Waals surface area (Å²) in [7, 11) is 0. The van der Waals surface area contributed by atoms with Gasteiger partial charge in [0.15, 0.2) is 0 Å². The van der Waals surface area contributed by atoms with Gasteiger partial charge in [0.25, 0.3) is 0 Å². The number of nitrogens with zero attached hydrogens (tertiary/aromatic N) is 2. The zero-order valence-electron chi connectivity index (χ0n) is 22.4. The van der Waals surface area contributed by atoms with Crippen molar-refractivity contribution >= 4 is 28.6 Å². The summed E-state index contributed by atoms with van der Waals surface area (Å²) in [4.78, 5) is 22.7. The van der Waals surface area contributed by atoms with Crippen LogP contribution in [0.5, 0.6) is 5.75 Å². The standard InChI is InChI=1S/C30H40ClN3O3/c1-4-36-30(35)21(2)16-18-34-17-6-8-23(19-34)7-5-9-24-10-15-27-29(22(24)3)33-28(32-27)20-37-26-13-11-25(31)12-14-26/h10-15,21,23H,4-9,16-20H2,1-3H3,(H,32,33). The molecule has 2 heterocycles. The Kier molecular flexibility index (Phi) is 9.87. The number of halogens is 1. The van der Waals surface area contributed by atoms with Crippen molar-refractivity contribution in [1.29, 1.82) is 0 Å². The van der Waals surface area contributed by atoms with Crippen LogP contribution in [0.25, 0.3) is 11.0 Å². The molecular formula is C30H40ClN3O3. The molecule has 200 valence electrons. The number of hydrogen-bond acceptors (Lipinski definition) is 5. The molecule has 1 N–H and O–H groups in total. The highest BCUT2D eigenvalue weighted by molar-refractivity contribution is 6.30. The first-order valence-corrected chi connectivity index (χ1v) is 14.0. The third-order valence-electron chi connectivity index (χ3n) is 7.49.